The third-order valence-electron chi connectivity index (χ3n) is 1.36. The van der Waals surface area contributed by atoms with Crippen molar-refractivity contribution in [3.63, 3.8) is 0 Å². The van der Waals surface area contributed by atoms with Crippen LogP contribution in [0.15, 0.2) is 6.07 Å². The summed E-state index contributed by atoms with van der Waals surface area (Å²) in [6, 6.07) is 1.00. The Morgan fingerprint density at radius 2 is 2.15 bits per heavy atom. The number of hydrogen-bond donors (Lipinski definition) is 1. The predicted octanol–water partition coefficient (Wildman–Crippen LogP) is 2.30. The molecule has 72 valence electrons. The summed E-state index contributed by atoms with van der Waals surface area (Å²) < 4.78 is 37.0. The summed E-state index contributed by atoms with van der Waals surface area (Å²) in [5, 5.41) is 8.11. The molecule has 6 heteroatoms. The van der Waals surface area contributed by atoms with Gasteiger partial charge in [0.15, 0.2) is 5.82 Å². The summed E-state index contributed by atoms with van der Waals surface area (Å²) in [6.45, 7) is -0.556. The molecule has 0 bridgehead atoms. The number of halogens is 4. The first-order valence-electron chi connectivity index (χ1n) is 3.30. The largest absolute Gasteiger partial charge is 0.390 e. The Bertz CT molecular complexity index is 319. The number of aliphatic hydroxyl groups excluding tert-OH is 1. The highest BCUT2D eigenvalue weighted by molar-refractivity contribution is 6.30. The lowest BCUT2D eigenvalue weighted by Gasteiger charge is -2.04. The van der Waals surface area contributed by atoms with Crippen LogP contribution in [-0.4, -0.2) is 10.1 Å². The van der Waals surface area contributed by atoms with Gasteiger partial charge < -0.3 is 5.11 Å². The van der Waals surface area contributed by atoms with E-state index in [9.17, 15) is 13.2 Å². The summed E-state index contributed by atoms with van der Waals surface area (Å²) in [5.41, 5.74) is -1.11. The fourth-order valence-corrected chi connectivity index (χ4v) is 1.02. The van der Waals surface area contributed by atoms with Crippen molar-refractivity contribution in [2.75, 3.05) is 0 Å². The van der Waals surface area contributed by atoms with Crippen molar-refractivity contribution in [1.29, 1.82) is 0 Å². The third kappa shape index (κ3) is 2.10. The third-order valence-corrected chi connectivity index (χ3v) is 1.64. The average Bonchev–Trinajstić information content (AvgIpc) is 2.09. The molecule has 0 aromatic carbocycles. The number of hydrogen-bond acceptors (Lipinski definition) is 2. The maximum absolute atomic E-state index is 12.8. The van der Waals surface area contributed by atoms with Gasteiger partial charge in [-0.15, -0.1) is 0 Å². The molecule has 0 fully saturated rings. The zero-order chi connectivity index (χ0) is 10.0. The van der Waals surface area contributed by atoms with Crippen LogP contribution in [0.3, 0.4) is 0 Å². The summed E-state index contributed by atoms with van der Waals surface area (Å²) in [4.78, 5) is 3.19. The molecule has 0 saturated carbocycles. The Hall–Kier alpha value is -0.810. The molecule has 13 heavy (non-hydrogen) atoms. The second-order valence-corrected chi connectivity index (χ2v) is 2.66. The van der Waals surface area contributed by atoms with Crippen LogP contribution in [0.1, 0.15) is 17.8 Å². The molecule has 1 aromatic heterocycles. The van der Waals surface area contributed by atoms with Gasteiger partial charge in [0, 0.05) is 0 Å². The molecule has 1 N–H and O–H groups in total. The van der Waals surface area contributed by atoms with Gasteiger partial charge >= 0.3 is 0 Å². The van der Waals surface area contributed by atoms with Crippen LogP contribution in [-0.2, 0) is 6.61 Å². The standard InChI is InChI=1S/C7H5ClF3NO/c8-4-1-3(2-13)12-6(5(4)9)7(10)11/h1,7,13H,2H2. The van der Waals surface area contributed by atoms with Crippen LogP contribution in [0, 0.1) is 5.82 Å². The second kappa shape index (κ2) is 3.93. The van der Waals surface area contributed by atoms with Gasteiger partial charge in [0.05, 0.1) is 17.3 Å². The molecule has 0 spiro atoms. The molecule has 1 aromatic rings. The van der Waals surface area contributed by atoms with E-state index in [1.54, 1.807) is 0 Å². The first kappa shape index (κ1) is 10.3. The van der Waals surface area contributed by atoms with E-state index >= 15 is 0 Å². The molecular formula is C7H5ClF3NO. The van der Waals surface area contributed by atoms with E-state index in [0.29, 0.717) is 0 Å². The molecular weight excluding hydrogens is 207 g/mol. The number of rotatable bonds is 2. The van der Waals surface area contributed by atoms with Gasteiger partial charge in [-0.2, -0.15) is 0 Å². The van der Waals surface area contributed by atoms with E-state index in [1.165, 1.54) is 0 Å². The van der Waals surface area contributed by atoms with Crippen LogP contribution in [0.2, 0.25) is 5.02 Å². The Balaban J connectivity index is 3.25. The van der Waals surface area contributed by atoms with E-state index in [0.717, 1.165) is 6.07 Å². The molecule has 0 atom stereocenters. The fraction of sp³-hybridized carbons (Fsp3) is 0.286. The average molecular weight is 212 g/mol. The molecule has 0 aliphatic rings. The zero-order valence-corrected chi connectivity index (χ0v) is 7.02. The summed E-state index contributed by atoms with van der Waals surface area (Å²) >= 11 is 5.28. The molecule has 0 aliphatic carbocycles. The van der Waals surface area contributed by atoms with Crippen LogP contribution in [0.25, 0.3) is 0 Å². The smallest absolute Gasteiger partial charge is 0.283 e. The predicted molar refractivity (Wildman–Crippen MR) is 40.1 cm³/mol. The van der Waals surface area contributed by atoms with Crippen molar-refractivity contribution >= 4 is 11.6 Å². The molecule has 0 radical (unpaired) electrons. The molecule has 2 nitrogen and oxygen atoms in total. The summed E-state index contributed by atoms with van der Waals surface area (Å²) in [6.07, 6.45) is -3.04. The van der Waals surface area contributed by atoms with Gasteiger partial charge in [-0.25, -0.2) is 18.2 Å². The summed E-state index contributed by atoms with van der Waals surface area (Å²) in [7, 11) is 0. The van der Waals surface area contributed by atoms with E-state index in [2.05, 4.69) is 4.98 Å². The van der Waals surface area contributed by atoms with E-state index < -0.39 is 29.6 Å². The number of aromatic nitrogens is 1. The topological polar surface area (TPSA) is 33.1 Å². The Morgan fingerprint density at radius 1 is 1.54 bits per heavy atom. The van der Waals surface area contributed by atoms with Crippen molar-refractivity contribution < 1.29 is 18.3 Å². The van der Waals surface area contributed by atoms with Crippen LogP contribution in [0.5, 0.6) is 0 Å². The van der Waals surface area contributed by atoms with Crippen LogP contribution < -0.4 is 0 Å². The first-order valence-corrected chi connectivity index (χ1v) is 3.68. The lowest BCUT2D eigenvalue weighted by atomic mass is 10.3. The van der Waals surface area contributed by atoms with Crippen LogP contribution in [0.4, 0.5) is 13.2 Å². The normalized spacial score (nSPS) is 10.9. The van der Waals surface area contributed by atoms with Gasteiger partial charge in [-0.1, -0.05) is 11.6 Å². The van der Waals surface area contributed by atoms with Crippen molar-refractivity contribution in [3.8, 4) is 0 Å². The van der Waals surface area contributed by atoms with Crippen molar-refractivity contribution in [1.82, 2.24) is 4.98 Å². The highest BCUT2D eigenvalue weighted by Gasteiger charge is 2.18. The van der Waals surface area contributed by atoms with Gasteiger partial charge in [-0.3, -0.25) is 0 Å². The minimum Gasteiger partial charge on any atom is -0.390 e. The fourth-order valence-electron chi connectivity index (χ4n) is 0.794. The van der Waals surface area contributed by atoms with Gasteiger partial charge in [0.25, 0.3) is 6.43 Å². The minimum absolute atomic E-state index is 0.0818. The number of alkyl halides is 2. The molecule has 0 aliphatic heterocycles. The Labute approximate surface area is 77.0 Å². The summed E-state index contributed by atoms with van der Waals surface area (Å²) in [5.74, 6) is -1.24. The molecule has 0 saturated heterocycles. The maximum Gasteiger partial charge on any atom is 0.283 e. The SMILES string of the molecule is OCc1cc(Cl)c(F)c(C(F)F)n1. The van der Waals surface area contributed by atoms with E-state index in [-0.39, 0.29) is 5.69 Å². The molecule has 0 amide bonds. The lowest BCUT2D eigenvalue weighted by molar-refractivity contribution is 0.139. The Kier molecular flexibility index (Phi) is 3.11. The maximum atomic E-state index is 12.8. The molecule has 1 heterocycles. The van der Waals surface area contributed by atoms with Gasteiger partial charge in [-0.05, 0) is 6.07 Å². The number of nitrogens with zero attached hydrogens (tertiary/aromatic N) is 1. The van der Waals surface area contributed by atoms with E-state index in [1.807, 2.05) is 0 Å². The lowest BCUT2D eigenvalue weighted by Crippen LogP contribution is -2.01. The van der Waals surface area contributed by atoms with Crippen molar-refractivity contribution in [2.45, 2.75) is 13.0 Å². The monoisotopic (exact) mass is 211 g/mol. The molecule has 0 unspecified atom stereocenters. The second-order valence-electron chi connectivity index (χ2n) is 2.25. The van der Waals surface area contributed by atoms with Crippen molar-refractivity contribution in [2.24, 2.45) is 0 Å². The first-order chi connectivity index (χ1) is 6.06. The van der Waals surface area contributed by atoms with Gasteiger partial charge in [0.1, 0.15) is 5.69 Å². The number of aliphatic hydroxyl groups is 1. The minimum atomic E-state index is -3.04. The van der Waals surface area contributed by atoms with E-state index in [4.69, 9.17) is 16.7 Å². The van der Waals surface area contributed by atoms with Crippen molar-refractivity contribution in [3.05, 3.63) is 28.3 Å². The quantitative estimate of drug-likeness (QED) is 0.814. The highest BCUT2D eigenvalue weighted by Crippen LogP contribution is 2.25. The highest BCUT2D eigenvalue weighted by atomic mass is 35.5. The number of pyridine rings is 1. The molecule has 1 rings (SSSR count). The zero-order valence-electron chi connectivity index (χ0n) is 6.27. The van der Waals surface area contributed by atoms with Crippen LogP contribution >= 0.6 is 11.6 Å². The van der Waals surface area contributed by atoms with Gasteiger partial charge in [0.2, 0.25) is 0 Å². The Morgan fingerprint density at radius 3 is 2.62 bits per heavy atom.